The number of nitrogens with one attached hydrogen (secondary N) is 2. The van der Waals surface area contributed by atoms with Gasteiger partial charge in [0.2, 0.25) is 5.91 Å². The Morgan fingerprint density at radius 3 is 2.12 bits per heavy atom. The number of rotatable bonds is 10. The Labute approximate surface area is 239 Å². The van der Waals surface area contributed by atoms with E-state index in [4.69, 9.17) is 9.47 Å². The number of amides is 3. The lowest BCUT2D eigenvalue weighted by Gasteiger charge is -2.43. The minimum absolute atomic E-state index is 0.0846. The van der Waals surface area contributed by atoms with Crippen LogP contribution in [-0.4, -0.2) is 47.1 Å². The van der Waals surface area contributed by atoms with Gasteiger partial charge < -0.3 is 25.0 Å². The molecule has 0 spiro atoms. The maximum atomic E-state index is 14.4. The van der Waals surface area contributed by atoms with Gasteiger partial charge in [-0.05, 0) is 95.3 Å². The van der Waals surface area contributed by atoms with Crippen LogP contribution in [0.25, 0.3) is 6.08 Å². The third kappa shape index (κ3) is 9.43. The van der Waals surface area contributed by atoms with E-state index in [1.54, 1.807) is 63.1 Å². The molecule has 8 heteroatoms. The standard InChI is InChI=1S/C32H45N3O5/c1-11-22-13-12-14-23(20-22)27(28(36)33-24-15-17-25(39-10)18-16-24)35(31(4,5)6)29(37)26(19-21(2)3)34-30(38)40-32(7,8)9/h11-18,20-21,26-27H,1,19H2,2-10H3,(H,33,36)(H,34,38). The lowest BCUT2D eigenvalue weighted by Crippen LogP contribution is -2.58. The average Bonchev–Trinajstić information content (AvgIpc) is 2.84. The second kappa shape index (κ2) is 13.5. The Hall–Kier alpha value is -3.81. The van der Waals surface area contributed by atoms with Crippen LogP contribution in [0.15, 0.2) is 55.1 Å². The van der Waals surface area contributed by atoms with Crippen LogP contribution in [0.5, 0.6) is 5.75 Å². The van der Waals surface area contributed by atoms with E-state index in [1.807, 2.05) is 58.9 Å². The maximum absolute atomic E-state index is 14.4. The Morgan fingerprint density at radius 2 is 1.62 bits per heavy atom. The molecule has 218 valence electrons. The van der Waals surface area contributed by atoms with Crippen LogP contribution < -0.4 is 15.4 Å². The van der Waals surface area contributed by atoms with Gasteiger partial charge >= 0.3 is 6.09 Å². The van der Waals surface area contributed by atoms with Crippen molar-refractivity contribution in [3.05, 3.63) is 66.2 Å². The van der Waals surface area contributed by atoms with Gasteiger partial charge in [-0.1, -0.05) is 44.7 Å². The van der Waals surface area contributed by atoms with Crippen LogP contribution in [0.4, 0.5) is 10.5 Å². The molecule has 0 aliphatic heterocycles. The number of ether oxygens (including phenoxy) is 2. The number of hydrogen-bond donors (Lipinski definition) is 2. The molecule has 0 bridgehead atoms. The molecule has 8 nitrogen and oxygen atoms in total. The van der Waals surface area contributed by atoms with E-state index in [1.165, 1.54) is 0 Å². The zero-order valence-electron chi connectivity index (χ0n) is 25.3. The molecule has 0 aliphatic rings. The quantitative estimate of drug-likeness (QED) is 0.347. The minimum Gasteiger partial charge on any atom is -0.497 e. The van der Waals surface area contributed by atoms with Gasteiger partial charge in [0.25, 0.3) is 5.91 Å². The fourth-order valence-electron chi connectivity index (χ4n) is 4.31. The van der Waals surface area contributed by atoms with Crippen LogP contribution >= 0.6 is 0 Å². The summed E-state index contributed by atoms with van der Waals surface area (Å²) in [5.74, 6) is -0.0352. The highest BCUT2D eigenvalue weighted by Gasteiger charge is 2.42. The van der Waals surface area contributed by atoms with E-state index in [9.17, 15) is 14.4 Å². The number of carbonyl (C=O) groups is 3. The number of carbonyl (C=O) groups excluding carboxylic acids is 3. The zero-order chi connectivity index (χ0) is 30.3. The van der Waals surface area contributed by atoms with Crippen molar-refractivity contribution in [2.24, 2.45) is 5.92 Å². The molecule has 2 aromatic rings. The summed E-state index contributed by atoms with van der Waals surface area (Å²) in [5.41, 5.74) is 0.459. The summed E-state index contributed by atoms with van der Waals surface area (Å²) in [6.07, 6.45) is 1.37. The smallest absolute Gasteiger partial charge is 0.408 e. The van der Waals surface area contributed by atoms with Crippen LogP contribution in [0, 0.1) is 5.92 Å². The predicted octanol–water partition coefficient (Wildman–Crippen LogP) is 6.58. The van der Waals surface area contributed by atoms with E-state index in [0.717, 1.165) is 5.56 Å². The lowest BCUT2D eigenvalue weighted by molar-refractivity contribution is -0.147. The molecular formula is C32H45N3O5. The molecule has 2 rings (SSSR count). The van der Waals surface area contributed by atoms with Gasteiger partial charge in [-0.2, -0.15) is 0 Å². The molecule has 0 radical (unpaired) electrons. The van der Waals surface area contributed by atoms with E-state index >= 15 is 0 Å². The Bertz CT molecular complexity index is 1180. The number of alkyl carbamates (subject to hydrolysis) is 1. The number of hydrogen-bond acceptors (Lipinski definition) is 5. The molecule has 0 saturated carbocycles. The van der Waals surface area contributed by atoms with Crippen LogP contribution in [-0.2, 0) is 14.3 Å². The molecular weight excluding hydrogens is 506 g/mol. The SMILES string of the molecule is C=Cc1cccc(C(C(=O)Nc2ccc(OC)cc2)N(C(=O)C(CC(C)C)NC(=O)OC(C)(C)C)C(C)(C)C)c1. The van der Waals surface area contributed by atoms with E-state index in [2.05, 4.69) is 17.2 Å². The summed E-state index contributed by atoms with van der Waals surface area (Å²) in [4.78, 5) is 42.7. The fourth-order valence-corrected chi connectivity index (χ4v) is 4.31. The van der Waals surface area contributed by atoms with Crippen molar-refractivity contribution in [3.63, 3.8) is 0 Å². The van der Waals surface area contributed by atoms with Gasteiger partial charge in [0.1, 0.15) is 23.4 Å². The van der Waals surface area contributed by atoms with E-state index in [0.29, 0.717) is 23.4 Å². The first-order chi connectivity index (χ1) is 18.6. The molecule has 2 N–H and O–H groups in total. The summed E-state index contributed by atoms with van der Waals surface area (Å²) in [7, 11) is 1.57. The van der Waals surface area contributed by atoms with Gasteiger partial charge in [-0.3, -0.25) is 9.59 Å². The topological polar surface area (TPSA) is 97.0 Å². The van der Waals surface area contributed by atoms with Crippen molar-refractivity contribution in [2.75, 3.05) is 12.4 Å². The first-order valence-corrected chi connectivity index (χ1v) is 13.6. The van der Waals surface area contributed by atoms with Crippen molar-refractivity contribution in [3.8, 4) is 5.75 Å². The van der Waals surface area contributed by atoms with E-state index in [-0.39, 0.29) is 11.8 Å². The summed E-state index contributed by atoms with van der Waals surface area (Å²) in [5, 5.41) is 5.74. The second-order valence-electron chi connectivity index (χ2n) is 12.2. The molecule has 2 unspecified atom stereocenters. The third-order valence-electron chi connectivity index (χ3n) is 5.98. The summed E-state index contributed by atoms with van der Waals surface area (Å²) < 4.78 is 10.7. The Balaban J connectivity index is 2.61. The third-order valence-corrected chi connectivity index (χ3v) is 5.98. The molecule has 0 saturated heterocycles. The van der Waals surface area contributed by atoms with Crippen molar-refractivity contribution < 1.29 is 23.9 Å². The highest BCUT2D eigenvalue weighted by atomic mass is 16.6. The van der Waals surface area contributed by atoms with Gasteiger partial charge in [0.15, 0.2) is 0 Å². The number of nitrogens with zero attached hydrogens (tertiary/aromatic N) is 1. The van der Waals surface area contributed by atoms with Crippen LogP contribution in [0.3, 0.4) is 0 Å². The molecule has 0 aliphatic carbocycles. The minimum atomic E-state index is -1.01. The predicted molar refractivity (Wildman–Crippen MR) is 160 cm³/mol. The first-order valence-electron chi connectivity index (χ1n) is 13.6. The summed E-state index contributed by atoms with van der Waals surface area (Å²) in [6.45, 7) is 18.7. The Morgan fingerprint density at radius 1 is 1.00 bits per heavy atom. The molecule has 2 aromatic carbocycles. The molecule has 0 heterocycles. The van der Waals surface area contributed by atoms with Crippen LogP contribution in [0.1, 0.15) is 79.0 Å². The van der Waals surface area contributed by atoms with Crippen molar-refractivity contribution in [1.82, 2.24) is 10.2 Å². The zero-order valence-corrected chi connectivity index (χ0v) is 25.3. The van der Waals surface area contributed by atoms with Crippen LogP contribution in [0.2, 0.25) is 0 Å². The fraction of sp³-hybridized carbons (Fsp3) is 0.469. The van der Waals surface area contributed by atoms with Gasteiger partial charge in [0.05, 0.1) is 7.11 Å². The Kier molecular flexibility index (Phi) is 10.9. The summed E-state index contributed by atoms with van der Waals surface area (Å²) in [6, 6.07) is 12.4. The van der Waals surface area contributed by atoms with Gasteiger partial charge in [-0.25, -0.2) is 4.79 Å². The molecule has 2 atom stereocenters. The highest BCUT2D eigenvalue weighted by molar-refractivity contribution is 5.99. The summed E-state index contributed by atoms with van der Waals surface area (Å²) >= 11 is 0. The second-order valence-corrected chi connectivity index (χ2v) is 12.2. The van der Waals surface area contributed by atoms with Crippen molar-refractivity contribution >= 4 is 29.7 Å². The number of methoxy groups -OCH3 is 1. The largest absolute Gasteiger partial charge is 0.497 e. The number of anilines is 1. The molecule has 3 amide bonds. The van der Waals surface area contributed by atoms with Gasteiger partial charge in [-0.15, -0.1) is 0 Å². The molecule has 0 aromatic heterocycles. The normalized spacial score (nSPS) is 13.2. The van der Waals surface area contributed by atoms with Crippen molar-refractivity contribution in [2.45, 2.75) is 85.0 Å². The van der Waals surface area contributed by atoms with Gasteiger partial charge in [0, 0.05) is 11.2 Å². The van der Waals surface area contributed by atoms with E-state index < -0.39 is 35.2 Å². The maximum Gasteiger partial charge on any atom is 0.408 e. The molecule has 40 heavy (non-hydrogen) atoms. The van der Waals surface area contributed by atoms with Crippen molar-refractivity contribution in [1.29, 1.82) is 0 Å². The average molecular weight is 552 g/mol. The first kappa shape index (κ1) is 32.4. The lowest BCUT2D eigenvalue weighted by atomic mass is 9.93. The monoisotopic (exact) mass is 551 g/mol. The number of benzene rings is 2. The molecule has 0 fully saturated rings. The highest BCUT2D eigenvalue weighted by Crippen LogP contribution is 2.32.